The predicted octanol–water partition coefficient (Wildman–Crippen LogP) is 1.78. The monoisotopic (exact) mass is 320 g/mol. The largest absolute Gasteiger partial charge is 0.349 e. The minimum atomic E-state index is -0.152. The van der Waals surface area contributed by atoms with Crippen molar-refractivity contribution in [2.24, 2.45) is 0 Å². The molecule has 7 nitrogen and oxygen atoms in total. The van der Waals surface area contributed by atoms with Crippen LogP contribution in [0.15, 0.2) is 24.8 Å². The second-order valence-corrected chi connectivity index (χ2v) is 5.63. The molecule has 2 aromatic heterocycles. The maximum atomic E-state index is 11.8. The molecule has 22 heavy (non-hydrogen) atoms. The molecule has 3 heterocycles. The Morgan fingerprint density at radius 1 is 1.41 bits per heavy atom. The van der Waals surface area contributed by atoms with E-state index in [1.165, 1.54) is 0 Å². The number of amides is 1. The Bertz CT molecular complexity index is 656. The number of carbonyl (C=O) groups is 1. The number of anilines is 1. The van der Waals surface area contributed by atoms with Gasteiger partial charge in [0.1, 0.15) is 0 Å². The van der Waals surface area contributed by atoms with Gasteiger partial charge in [-0.2, -0.15) is 5.10 Å². The van der Waals surface area contributed by atoms with E-state index in [0.29, 0.717) is 23.8 Å². The van der Waals surface area contributed by atoms with Crippen molar-refractivity contribution >= 4 is 23.5 Å². The molecule has 0 bridgehead atoms. The fraction of sp³-hybridized carbons (Fsp3) is 0.429. The third-order valence-corrected chi connectivity index (χ3v) is 3.87. The van der Waals surface area contributed by atoms with Gasteiger partial charge in [0.05, 0.1) is 35.7 Å². The Morgan fingerprint density at radius 3 is 2.86 bits per heavy atom. The summed E-state index contributed by atoms with van der Waals surface area (Å²) in [5.41, 5.74) is 0.973. The van der Waals surface area contributed by atoms with Crippen LogP contribution in [0.5, 0.6) is 0 Å². The maximum Gasteiger partial charge on any atom is 0.222 e. The number of carbonyl (C=O) groups excluding carboxylic acids is 1. The molecule has 0 aromatic carbocycles. The zero-order chi connectivity index (χ0) is 15.5. The molecule has 8 heteroatoms. The van der Waals surface area contributed by atoms with Crippen LogP contribution in [-0.2, 0) is 11.3 Å². The van der Waals surface area contributed by atoms with E-state index in [4.69, 9.17) is 11.6 Å². The lowest BCUT2D eigenvalue weighted by Crippen LogP contribution is -2.45. The topological polar surface area (TPSA) is 84.7 Å². The number of piperidine rings is 1. The lowest BCUT2D eigenvalue weighted by molar-refractivity contribution is -0.123. The van der Waals surface area contributed by atoms with Gasteiger partial charge in [0.15, 0.2) is 0 Å². The molecule has 0 unspecified atom stereocenters. The van der Waals surface area contributed by atoms with Crippen molar-refractivity contribution in [1.29, 1.82) is 0 Å². The highest BCUT2D eigenvalue weighted by atomic mass is 35.5. The van der Waals surface area contributed by atoms with Gasteiger partial charge in [-0.1, -0.05) is 11.6 Å². The summed E-state index contributed by atoms with van der Waals surface area (Å²) in [5.74, 6) is 0.544. The van der Waals surface area contributed by atoms with Gasteiger partial charge in [0.2, 0.25) is 11.9 Å². The van der Waals surface area contributed by atoms with E-state index in [1.54, 1.807) is 18.6 Å². The second kappa shape index (κ2) is 6.31. The molecule has 116 valence electrons. The van der Waals surface area contributed by atoms with Crippen LogP contribution in [-0.4, -0.2) is 31.7 Å². The fourth-order valence-corrected chi connectivity index (χ4v) is 2.63. The SMILES string of the molecule is CCn1cc([C@@H]2NC(=O)CC[C@H]2Nc2ncc(Cl)cn2)cn1. The van der Waals surface area contributed by atoms with Crippen LogP contribution in [0.2, 0.25) is 5.02 Å². The predicted molar refractivity (Wildman–Crippen MR) is 82.5 cm³/mol. The van der Waals surface area contributed by atoms with E-state index >= 15 is 0 Å². The molecule has 1 fully saturated rings. The van der Waals surface area contributed by atoms with Crippen LogP contribution in [0.3, 0.4) is 0 Å². The first-order valence-electron chi connectivity index (χ1n) is 7.21. The standard InChI is InChI=1S/C14H17ClN6O/c1-2-21-8-9(5-18-21)13-11(3-4-12(22)20-13)19-14-16-6-10(15)7-17-14/h5-8,11,13H,2-4H2,1H3,(H,20,22)(H,16,17,19)/t11-,13+/m1/s1. The highest BCUT2D eigenvalue weighted by Gasteiger charge is 2.31. The summed E-state index contributed by atoms with van der Waals surface area (Å²) in [6.07, 6.45) is 8.01. The Kier molecular flexibility index (Phi) is 4.24. The Labute approximate surface area is 133 Å². The van der Waals surface area contributed by atoms with Gasteiger partial charge in [0, 0.05) is 24.7 Å². The minimum absolute atomic E-state index is 0.00776. The Hall–Kier alpha value is -2.15. The van der Waals surface area contributed by atoms with Crippen LogP contribution in [0.25, 0.3) is 0 Å². The van der Waals surface area contributed by atoms with Crippen molar-refractivity contribution in [2.75, 3.05) is 5.32 Å². The molecule has 2 aromatic rings. The van der Waals surface area contributed by atoms with Crippen LogP contribution in [0.1, 0.15) is 31.4 Å². The Balaban J connectivity index is 1.80. The van der Waals surface area contributed by atoms with Crippen LogP contribution in [0.4, 0.5) is 5.95 Å². The van der Waals surface area contributed by atoms with Gasteiger partial charge in [-0.05, 0) is 13.3 Å². The number of rotatable bonds is 4. The molecular weight excluding hydrogens is 304 g/mol. The molecule has 0 radical (unpaired) electrons. The van der Waals surface area contributed by atoms with Crippen LogP contribution in [0, 0.1) is 0 Å². The summed E-state index contributed by atoms with van der Waals surface area (Å²) in [7, 11) is 0. The molecular formula is C14H17ClN6O. The van der Waals surface area contributed by atoms with Crippen LogP contribution >= 0.6 is 11.6 Å². The first-order valence-corrected chi connectivity index (χ1v) is 7.59. The molecule has 1 saturated heterocycles. The normalized spacial score (nSPS) is 21.5. The average molecular weight is 321 g/mol. The van der Waals surface area contributed by atoms with E-state index in [9.17, 15) is 4.79 Å². The van der Waals surface area contributed by atoms with Gasteiger partial charge < -0.3 is 10.6 Å². The zero-order valence-corrected chi connectivity index (χ0v) is 12.9. The summed E-state index contributed by atoms with van der Waals surface area (Å²) in [6.45, 7) is 2.81. The van der Waals surface area contributed by atoms with Crippen molar-refractivity contribution in [1.82, 2.24) is 25.1 Å². The molecule has 0 saturated carbocycles. The summed E-state index contributed by atoms with van der Waals surface area (Å²) in [6, 6.07) is -0.144. The van der Waals surface area contributed by atoms with E-state index in [1.807, 2.05) is 17.8 Å². The lowest BCUT2D eigenvalue weighted by Gasteiger charge is -2.32. The number of halogens is 1. The number of hydrogen-bond donors (Lipinski definition) is 2. The first-order chi connectivity index (χ1) is 10.7. The lowest BCUT2D eigenvalue weighted by atomic mass is 9.94. The summed E-state index contributed by atoms with van der Waals surface area (Å²) >= 11 is 5.80. The summed E-state index contributed by atoms with van der Waals surface area (Å²) in [4.78, 5) is 20.1. The average Bonchev–Trinajstić information content (AvgIpc) is 3.00. The molecule has 1 amide bonds. The summed E-state index contributed by atoms with van der Waals surface area (Å²) < 4.78 is 1.84. The van der Waals surface area contributed by atoms with Gasteiger partial charge >= 0.3 is 0 Å². The highest BCUT2D eigenvalue weighted by molar-refractivity contribution is 6.30. The number of nitrogens with one attached hydrogen (secondary N) is 2. The smallest absolute Gasteiger partial charge is 0.222 e. The zero-order valence-electron chi connectivity index (χ0n) is 12.2. The van der Waals surface area contributed by atoms with Crippen molar-refractivity contribution in [2.45, 2.75) is 38.4 Å². The van der Waals surface area contributed by atoms with Crippen molar-refractivity contribution in [3.05, 3.63) is 35.4 Å². The fourth-order valence-electron chi connectivity index (χ4n) is 2.54. The molecule has 2 atom stereocenters. The third kappa shape index (κ3) is 3.19. The van der Waals surface area contributed by atoms with E-state index in [2.05, 4.69) is 25.7 Å². The van der Waals surface area contributed by atoms with Crippen molar-refractivity contribution in [3.63, 3.8) is 0 Å². The van der Waals surface area contributed by atoms with Crippen LogP contribution < -0.4 is 10.6 Å². The molecule has 1 aliphatic rings. The molecule has 1 aliphatic heterocycles. The molecule has 3 rings (SSSR count). The van der Waals surface area contributed by atoms with Gasteiger partial charge in [0.25, 0.3) is 0 Å². The van der Waals surface area contributed by atoms with E-state index in [-0.39, 0.29) is 18.0 Å². The number of aryl methyl sites for hydroxylation is 1. The minimum Gasteiger partial charge on any atom is -0.349 e. The van der Waals surface area contributed by atoms with E-state index in [0.717, 1.165) is 12.1 Å². The third-order valence-electron chi connectivity index (χ3n) is 3.67. The van der Waals surface area contributed by atoms with Crippen molar-refractivity contribution < 1.29 is 4.79 Å². The second-order valence-electron chi connectivity index (χ2n) is 5.19. The van der Waals surface area contributed by atoms with E-state index < -0.39 is 0 Å². The summed E-state index contributed by atoms with van der Waals surface area (Å²) in [5, 5.41) is 11.1. The molecule has 0 spiro atoms. The number of nitrogens with zero attached hydrogens (tertiary/aromatic N) is 4. The number of hydrogen-bond acceptors (Lipinski definition) is 5. The first kappa shape index (κ1) is 14.8. The molecule has 0 aliphatic carbocycles. The molecule has 2 N–H and O–H groups in total. The Morgan fingerprint density at radius 2 is 2.18 bits per heavy atom. The number of aromatic nitrogens is 4. The van der Waals surface area contributed by atoms with Crippen molar-refractivity contribution in [3.8, 4) is 0 Å². The highest BCUT2D eigenvalue weighted by Crippen LogP contribution is 2.26. The van der Waals surface area contributed by atoms with Gasteiger partial charge in [-0.3, -0.25) is 9.48 Å². The van der Waals surface area contributed by atoms with Gasteiger partial charge in [-0.25, -0.2) is 9.97 Å². The maximum absolute atomic E-state index is 11.8. The van der Waals surface area contributed by atoms with Gasteiger partial charge in [-0.15, -0.1) is 0 Å². The quantitative estimate of drug-likeness (QED) is 0.897.